The number of rotatable bonds is 15. The molecule has 0 saturated carbocycles. The van der Waals surface area contributed by atoms with Gasteiger partial charge in [-0.2, -0.15) is 0 Å². The van der Waals surface area contributed by atoms with Crippen LogP contribution in [0.25, 0.3) is 0 Å². The molecule has 0 aliphatic heterocycles. The smallest absolute Gasteiger partial charge is 0.408 e. The molecule has 1 aromatic rings. The zero-order valence-electron chi connectivity index (χ0n) is 26.9. The molecule has 0 aliphatic rings. The summed E-state index contributed by atoms with van der Waals surface area (Å²) in [5, 5.41) is 16.9. The number of benzene rings is 1. The second-order valence-corrected chi connectivity index (χ2v) is 12.6. The van der Waals surface area contributed by atoms with Gasteiger partial charge in [0.1, 0.15) is 35.9 Å². The summed E-state index contributed by atoms with van der Waals surface area (Å²) in [6.45, 7) is 13.2. The lowest BCUT2D eigenvalue weighted by molar-refractivity contribution is -0.156. The molecule has 0 fully saturated rings. The first kappa shape index (κ1) is 37.9. The number of carboxylic acids is 1. The standard InChI is InChI=1S/C31H47N3O10/c1-19(2)25(28(39)40)34-27(38)21(14-16-23(35)43-30(3,4)5)32-26(37)22(15-17-24(36)44-31(6,7)8)33-29(41)42-18-20-12-10-9-11-13-20/h9-13,19,21-22,25H,14-18H2,1-8H3,(H,32,37)(H,33,41)(H,34,38)(H,39,40). The minimum absolute atomic E-state index is 0.0836. The first-order chi connectivity index (χ1) is 20.3. The molecule has 1 aromatic carbocycles. The molecule has 0 bridgehead atoms. The van der Waals surface area contributed by atoms with Crippen molar-refractivity contribution in [2.75, 3.05) is 0 Å². The van der Waals surface area contributed by atoms with E-state index in [1.165, 1.54) is 0 Å². The van der Waals surface area contributed by atoms with Gasteiger partial charge in [-0.15, -0.1) is 0 Å². The van der Waals surface area contributed by atoms with Crippen LogP contribution in [-0.4, -0.2) is 70.2 Å². The average molecular weight is 622 g/mol. The minimum atomic E-state index is -1.37. The van der Waals surface area contributed by atoms with E-state index >= 15 is 0 Å². The summed E-state index contributed by atoms with van der Waals surface area (Å²) >= 11 is 0. The summed E-state index contributed by atoms with van der Waals surface area (Å²) in [7, 11) is 0. The highest BCUT2D eigenvalue weighted by Gasteiger charge is 2.32. The van der Waals surface area contributed by atoms with E-state index in [2.05, 4.69) is 16.0 Å². The molecule has 0 spiro atoms. The van der Waals surface area contributed by atoms with Crippen molar-refractivity contribution >= 4 is 35.8 Å². The Morgan fingerprint density at radius 3 is 1.61 bits per heavy atom. The zero-order valence-corrected chi connectivity index (χ0v) is 26.9. The van der Waals surface area contributed by atoms with Crippen LogP contribution >= 0.6 is 0 Å². The summed E-state index contributed by atoms with van der Waals surface area (Å²) < 4.78 is 15.8. The van der Waals surface area contributed by atoms with Crippen LogP contribution in [-0.2, 0) is 44.8 Å². The Morgan fingerprint density at radius 1 is 0.727 bits per heavy atom. The predicted octanol–water partition coefficient (Wildman–Crippen LogP) is 3.24. The van der Waals surface area contributed by atoms with Crippen molar-refractivity contribution in [2.24, 2.45) is 5.92 Å². The predicted molar refractivity (Wildman–Crippen MR) is 160 cm³/mol. The van der Waals surface area contributed by atoms with Gasteiger partial charge in [0.15, 0.2) is 0 Å². The van der Waals surface area contributed by atoms with Crippen LogP contribution < -0.4 is 16.0 Å². The van der Waals surface area contributed by atoms with Gasteiger partial charge < -0.3 is 35.3 Å². The van der Waals surface area contributed by atoms with Gasteiger partial charge in [-0.25, -0.2) is 9.59 Å². The fraction of sp³-hybridized carbons (Fsp3) is 0.613. The highest BCUT2D eigenvalue weighted by atomic mass is 16.6. The molecular formula is C31H47N3O10. The number of carbonyl (C=O) groups excluding carboxylic acids is 5. The third kappa shape index (κ3) is 15.9. The Bertz CT molecular complexity index is 1140. The number of nitrogens with one attached hydrogen (secondary N) is 3. The molecule has 13 nitrogen and oxygen atoms in total. The number of amides is 3. The fourth-order valence-corrected chi connectivity index (χ4v) is 3.79. The number of carbonyl (C=O) groups is 6. The Balaban J connectivity index is 3.15. The van der Waals surface area contributed by atoms with E-state index in [4.69, 9.17) is 14.2 Å². The molecule has 246 valence electrons. The Labute approximate surface area is 258 Å². The van der Waals surface area contributed by atoms with E-state index in [1.807, 2.05) is 0 Å². The van der Waals surface area contributed by atoms with Gasteiger partial charge in [0.25, 0.3) is 0 Å². The average Bonchev–Trinajstić information content (AvgIpc) is 2.88. The Hall–Kier alpha value is -4.16. The number of hydrogen-bond donors (Lipinski definition) is 4. The lowest BCUT2D eigenvalue weighted by Gasteiger charge is -2.26. The van der Waals surface area contributed by atoms with Crippen molar-refractivity contribution < 1.29 is 48.1 Å². The Kier molecular flexibility index (Phi) is 14.8. The van der Waals surface area contributed by atoms with Gasteiger partial charge in [-0.1, -0.05) is 44.2 Å². The Morgan fingerprint density at radius 2 is 1.18 bits per heavy atom. The third-order valence-corrected chi connectivity index (χ3v) is 5.80. The summed E-state index contributed by atoms with van der Waals surface area (Å²) in [5.41, 5.74) is -0.867. The van der Waals surface area contributed by atoms with Gasteiger partial charge in [-0.3, -0.25) is 19.2 Å². The molecule has 0 saturated heterocycles. The van der Waals surface area contributed by atoms with Gasteiger partial charge in [0.05, 0.1) is 0 Å². The third-order valence-electron chi connectivity index (χ3n) is 5.80. The van der Waals surface area contributed by atoms with E-state index in [1.54, 1.807) is 85.7 Å². The lowest BCUT2D eigenvalue weighted by Crippen LogP contribution is -2.56. The number of aliphatic carboxylic acids is 1. The lowest BCUT2D eigenvalue weighted by atomic mass is 10.0. The van der Waals surface area contributed by atoms with Crippen LogP contribution in [0.3, 0.4) is 0 Å². The summed E-state index contributed by atoms with van der Waals surface area (Å²) in [6.07, 6.45) is -1.90. The van der Waals surface area contributed by atoms with Crippen molar-refractivity contribution in [2.45, 2.75) is 117 Å². The summed E-state index contributed by atoms with van der Waals surface area (Å²) in [6, 6.07) is 4.84. The van der Waals surface area contributed by atoms with Crippen LogP contribution in [0.15, 0.2) is 30.3 Å². The SMILES string of the molecule is CC(C)C(NC(=O)C(CCC(=O)OC(C)(C)C)NC(=O)C(CCC(=O)OC(C)(C)C)NC(=O)OCc1ccccc1)C(=O)O. The maximum atomic E-state index is 13.4. The van der Waals surface area contributed by atoms with Gasteiger partial charge in [-0.05, 0) is 65.9 Å². The van der Waals surface area contributed by atoms with Crippen LogP contribution in [0.5, 0.6) is 0 Å². The topological polar surface area (TPSA) is 186 Å². The second-order valence-electron chi connectivity index (χ2n) is 12.6. The minimum Gasteiger partial charge on any atom is -0.480 e. The van der Waals surface area contributed by atoms with Gasteiger partial charge in [0.2, 0.25) is 11.8 Å². The van der Waals surface area contributed by atoms with Crippen molar-refractivity contribution in [3.05, 3.63) is 35.9 Å². The highest BCUT2D eigenvalue weighted by Crippen LogP contribution is 2.13. The summed E-state index contributed by atoms with van der Waals surface area (Å²) in [4.78, 5) is 75.7. The number of alkyl carbamates (subject to hydrolysis) is 1. The molecule has 3 atom stereocenters. The molecule has 44 heavy (non-hydrogen) atoms. The quantitative estimate of drug-likeness (QED) is 0.167. The van der Waals surface area contributed by atoms with Crippen LogP contribution in [0.1, 0.15) is 86.6 Å². The largest absolute Gasteiger partial charge is 0.480 e. The molecule has 0 aromatic heterocycles. The van der Waals surface area contributed by atoms with E-state index in [0.717, 1.165) is 0 Å². The molecule has 1 rings (SSSR count). The molecule has 3 amide bonds. The number of carboxylic acid groups (broad SMARTS) is 1. The number of esters is 2. The van der Waals surface area contributed by atoms with Crippen molar-refractivity contribution in [3.8, 4) is 0 Å². The van der Waals surface area contributed by atoms with E-state index < -0.39 is 71.1 Å². The fourth-order valence-electron chi connectivity index (χ4n) is 3.79. The monoisotopic (exact) mass is 621 g/mol. The molecular weight excluding hydrogens is 574 g/mol. The van der Waals surface area contributed by atoms with Gasteiger partial charge in [0, 0.05) is 12.8 Å². The van der Waals surface area contributed by atoms with E-state index in [0.29, 0.717) is 5.56 Å². The molecule has 0 radical (unpaired) electrons. The van der Waals surface area contributed by atoms with E-state index in [9.17, 15) is 33.9 Å². The van der Waals surface area contributed by atoms with E-state index in [-0.39, 0.29) is 32.3 Å². The van der Waals surface area contributed by atoms with Crippen LogP contribution in [0.4, 0.5) is 4.79 Å². The maximum Gasteiger partial charge on any atom is 0.408 e. The normalized spacial score (nSPS) is 13.6. The molecule has 4 N–H and O–H groups in total. The van der Waals surface area contributed by atoms with Crippen molar-refractivity contribution in [1.82, 2.24) is 16.0 Å². The van der Waals surface area contributed by atoms with Crippen LogP contribution in [0, 0.1) is 5.92 Å². The van der Waals surface area contributed by atoms with Crippen LogP contribution in [0.2, 0.25) is 0 Å². The first-order valence-corrected chi connectivity index (χ1v) is 14.5. The highest BCUT2D eigenvalue weighted by molar-refractivity contribution is 5.93. The molecule has 0 heterocycles. The van der Waals surface area contributed by atoms with Crippen molar-refractivity contribution in [3.63, 3.8) is 0 Å². The van der Waals surface area contributed by atoms with Crippen molar-refractivity contribution in [1.29, 1.82) is 0 Å². The van der Waals surface area contributed by atoms with Gasteiger partial charge >= 0.3 is 24.0 Å². The second kappa shape index (κ2) is 17.2. The summed E-state index contributed by atoms with van der Waals surface area (Å²) in [5.74, 6) is -4.71. The molecule has 3 unspecified atom stereocenters. The number of ether oxygens (including phenoxy) is 3. The molecule has 13 heteroatoms. The number of hydrogen-bond acceptors (Lipinski definition) is 9. The maximum absolute atomic E-state index is 13.4. The zero-order chi connectivity index (χ0) is 33.7. The first-order valence-electron chi connectivity index (χ1n) is 14.5. The molecule has 0 aliphatic carbocycles.